The lowest BCUT2D eigenvalue weighted by molar-refractivity contribution is -0.118. The van der Waals surface area contributed by atoms with Crippen LogP contribution in [-0.2, 0) is 4.79 Å². The molecule has 0 atom stereocenters. The fourth-order valence-electron chi connectivity index (χ4n) is 1.62. The first-order chi connectivity index (χ1) is 10.1. The average Bonchev–Trinajstić information content (AvgIpc) is 2.49. The molecule has 2 aromatic rings. The van der Waals surface area contributed by atoms with Gasteiger partial charge in [0.05, 0.1) is 17.8 Å². The van der Waals surface area contributed by atoms with E-state index in [0.29, 0.717) is 22.1 Å². The number of nitrogens with one attached hydrogen (secondary N) is 1. The van der Waals surface area contributed by atoms with Crippen molar-refractivity contribution in [2.75, 3.05) is 24.8 Å². The van der Waals surface area contributed by atoms with Crippen LogP contribution in [0.5, 0.6) is 11.5 Å². The van der Waals surface area contributed by atoms with E-state index in [1.807, 2.05) is 0 Å². The third-order valence-electron chi connectivity index (χ3n) is 2.72. The SMILES string of the molecule is COc1ccc(NC(=O)COc2ccc(N)c(Cl)c2)cc1. The van der Waals surface area contributed by atoms with Gasteiger partial charge in [0.25, 0.3) is 5.91 Å². The van der Waals surface area contributed by atoms with Crippen LogP contribution in [0.2, 0.25) is 5.02 Å². The molecule has 0 fully saturated rings. The highest BCUT2D eigenvalue weighted by Crippen LogP contribution is 2.24. The molecular weight excluding hydrogens is 292 g/mol. The Morgan fingerprint density at radius 3 is 2.48 bits per heavy atom. The number of benzene rings is 2. The molecule has 0 aliphatic heterocycles. The van der Waals surface area contributed by atoms with Gasteiger partial charge in [0, 0.05) is 11.8 Å². The molecule has 3 N–H and O–H groups in total. The molecule has 0 bridgehead atoms. The molecule has 0 aliphatic rings. The van der Waals surface area contributed by atoms with Crippen LogP contribution in [0.1, 0.15) is 0 Å². The second-order valence-electron chi connectivity index (χ2n) is 4.25. The number of amides is 1. The Balaban J connectivity index is 1.87. The zero-order valence-electron chi connectivity index (χ0n) is 11.4. The Morgan fingerprint density at radius 1 is 1.19 bits per heavy atom. The number of hydrogen-bond acceptors (Lipinski definition) is 4. The van der Waals surface area contributed by atoms with Gasteiger partial charge < -0.3 is 20.5 Å². The summed E-state index contributed by atoms with van der Waals surface area (Å²) in [5, 5.41) is 3.10. The third kappa shape index (κ3) is 4.29. The Bertz CT molecular complexity index is 629. The van der Waals surface area contributed by atoms with Crippen molar-refractivity contribution in [2.24, 2.45) is 0 Å². The van der Waals surface area contributed by atoms with Crippen LogP contribution in [-0.4, -0.2) is 19.6 Å². The van der Waals surface area contributed by atoms with Crippen LogP contribution in [0.4, 0.5) is 11.4 Å². The predicted octanol–water partition coefficient (Wildman–Crippen LogP) is 2.95. The lowest BCUT2D eigenvalue weighted by atomic mass is 10.3. The van der Waals surface area contributed by atoms with Crippen molar-refractivity contribution in [1.29, 1.82) is 0 Å². The van der Waals surface area contributed by atoms with Crippen LogP contribution in [0.3, 0.4) is 0 Å². The van der Waals surface area contributed by atoms with Crippen LogP contribution in [0, 0.1) is 0 Å². The van der Waals surface area contributed by atoms with Crippen molar-refractivity contribution in [1.82, 2.24) is 0 Å². The summed E-state index contributed by atoms with van der Waals surface area (Å²) in [5.41, 5.74) is 6.72. The van der Waals surface area contributed by atoms with Gasteiger partial charge in [-0.15, -0.1) is 0 Å². The number of nitrogen functional groups attached to an aromatic ring is 1. The lowest BCUT2D eigenvalue weighted by Crippen LogP contribution is -2.20. The fraction of sp³-hybridized carbons (Fsp3) is 0.133. The number of methoxy groups -OCH3 is 1. The third-order valence-corrected chi connectivity index (χ3v) is 3.04. The van der Waals surface area contributed by atoms with E-state index < -0.39 is 0 Å². The molecular formula is C15H15ClN2O3. The summed E-state index contributed by atoms with van der Waals surface area (Å²) in [4.78, 5) is 11.8. The van der Waals surface area contributed by atoms with Gasteiger partial charge in [-0.1, -0.05) is 11.6 Å². The summed E-state index contributed by atoms with van der Waals surface area (Å²) in [6, 6.07) is 11.9. The lowest BCUT2D eigenvalue weighted by Gasteiger charge is -2.09. The number of rotatable bonds is 5. The number of nitrogens with two attached hydrogens (primary N) is 1. The van der Waals surface area contributed by atoms with Crippen molar-refractivity contribution in [3.8, 4) is 11.5 Å². The maximum Gasteiger partial charge on any atom is 0.262 e. The molecule has 0 unspecified atom stereocenters. The van der Waals surface area contributed by atoms with E-state index in [2.05, 4.69) is 5.32 Å². The van der Waals surface area contributed by atoms with Crippen LogP contribution < -0.4 is 20.5 Å². The molecule has 2 rings (SSSR count). The minimum absolute atomic E-state index is 0.119. The van der Waals surface area contributed by atoms with Crippen molar-refractivity contribution in [3.05, 3.63) is 47.5 Å². The van der Waals surface area contributed by atoms with Crippen LogP contribution >= 0.6 is 11.6 Å². The number of anilines is 2. The molecule has 0 saturated heterocycles. The van der Waals surface area contributed by atoms with E-state index in [0.717, 1.165) is 5.75 Å². The van der Waals surface area contributed by atoms with Gasteiger partial charge in [0.2, 0.25) is 0 Å². The molecule has 0 aromatic heterocycles. The molecule has 5 nitrogen and oxygen atoms in total. The largest absolute Gasteiger partial charge is 0.497 e. The normalized spacial score (nSPS) is 10.0. The maximum absolute atomic E-state index is 11.8. The van der Waals surface area contributed by atoms with Gasteiger partial charge in [-0.25, -0.2) is 0 Å². The smallest absolute Gasteiger partial charge is 0.262 e. The number of carbonyl (C=O) groups is 1. The number of ether oxygens (including phenoxy) is 2. The topological polar surface area (TPSA) is 73.6 Å². The number of carbonyl (C=O) groups excluding carboxylic acids is 1. The quantitative estimate of drug-likeness (QED) is 0.833. The second-order valence-corrected chi connectivity index (χ2v) is 4.66. The van der Waals surface area contributed by atoms with Gasteiger partial charge >= 0.3 is 0 Å². The highest BCUT2D eigenvalue weighted by atomic mass is 35.5. The van der Waals surface area contributed by atoms with Gasteiger partial charge in [-0.05, 0) is 36.4 Å². The zero-order chi connectivity index (χ0) is 15.2. The van der Waals surface area contributed by atoms with Crippen LogP contribution in [0.25, 0.3) is 0 Å². The van der Waals surface area contributed by atoms with Crippen molar-refractivity contribution in [3.63, 3.8) is 0 Å². The number of hydrogen-bond donors (Lipinski definition) is 2. The molecule has 110 valence electrons. The van der Waals surface area contributed by atoms with E-state index in [1.54, 1.807) is 49.6 Å². The number of halogens is 1. The highest BCUT2D eigenvalue weighted by molar-refractivity contribution is 6.33. The Labute approximate surface area is 127 Å². The van der Waals surface area contributed by atoms with E-state index in [4.69, 9.17) is 26.8 Å². The van der Waals surface area contributed by atoms with Gasteiger partial charge in [-0.2, -0.15) is 0 Å². The molecule has 21 heavy (non-hydrogen) atoms. The molecule has 0 spiro atoms. The zero-order valence-corrected chi connectivity index (χ0v) is 12.2. The average molecular weight is 307 g/mol. The van der Waals surface area contributed by atoms with Gasteiger partial charge in [0.15, 0.2) is 6.61 Å². The minimum atomic E-state index is -0.270. The van der Waals surface area contributed by atoms with Crippen molar-refractivity contribution >= 4 is 28.9 Å². The molecule has 0 heterocycles. The second kappa shape index (κ2) is 6.85. The monoisotopic (exact) mass is 306 g/mol. The first-order valence-electron chi connectivity index (χ1n) is 6.20. The molecule has 1 amide bonds. The highest BCUT2D eigenvalue weighted by Gasteiger charge is 2.05. The van der Waals surface area contributed by atoms with Gasteiger partial charge in [0.1, 0.15) is 11.5 Å². The van der Waals surface area contributed by atoms with E-state index in [9.17, 15) is 4.79 Å². The molecule has 6 heteroatoms. The van der Waals surface area contributed by atoms with E-state index in [-0.39, 0.29) is 12.5 Å². The summed E-state index contributed by atoms with van der Waals surface area (Å²) in [5.74, 6) is 0.938. The Kier molecular flexibility index (Phi) is 4.90. The summed E-state index contributed by atoms with van der Waals surface area (Å²) >= 11 is 5.87. The maximum atomic E-state index is 11.8. The first kappa shape index (κ1) is 15.0. The minimum Gasteiger partial charge on any atom is -0.497 e. The standard InChI is InChI=1S/C15H15ClN2O3/c1-20-11-4-2-10(3-5-11)18-15(19)9-21-12-6-7-14(17)13(16)8-12/h2-8H,9,17H2,1H3,(H,18,19). The summed E-state index contributed by atoms with van der Waals surface area (Å²) < 4.78 is 10.4. The summed E-state index contributed by atoms with van der Waals surface area (Å²) in [6.07, 6.45) is 0. The van der Waals surface area contributed by atoms with Crippen LogP contribution in [0.15, 0.2) is 42.5 Å². The summed E-state index contributed by atoms with van der Waals surface area (Å²) in [6.45, 7) is -0.119. The molecule has 0 radical (unpaired) electrons. The fourth-order valence-corrected chi connectivity index (χ4v) is 1.79. The Hall–Kier alpha value is -2.40. The first-order valence-corrected chi connectivity index (χ1v) is 6.58. The predicted molar refractivity (Wildman–Crippen MR) is 83.0 cm³/mol. The molecule has 2 aromatic carbocycles. The van der Waals surface area contributed by atoms with E-state index >= 15 is 0 Å². The summed E-state index contributed by atoms with van der Waals surface area (Å²) in [7, 11) is 1.58. The molecule has 0 aliphatic carbocycles. The van der Waals surface area contributed by atoms with Crippen molar-refractivity contribution in [2.45, 2.75) is 0 Å². The van der Waals surface area contributed by atoms with E-state index in [1.165, 1.54) is 0 Å². The Morgan fingerprint density at radius 2 is 1.86 bits per heavy atom. The molecule has 0 saturated carbocycles. The van der Waals surface area contributed by atoms with Crippen molar-refractivity contribution < 1.29 is 14.3 Å². The van der Waals surface area contributed by atoms with Gasteiger partial charge in [-0.3, -0.25) is 4.79 Å².